The highest BCUT2D eigenvalue weighted by Crippen LogP contribution is 2.17. The number of nitrogens with one attached hydrogen (secondary N) is 1. The summed E-state index contributed by atoms with van der Waals surface area (Å²) < 4.78 is 0. The molecule has 0 saturated carbocycles. The molecule has 0 radical (unpaired) electrons. The third-order valence-corrected chi connectivity index (χ3v) is 3.72. The Morgan fingerprint density at radius 3 is 2.39 bits per heavy atom. The molecule has 0 heterocycles. The highest BCUT2D eigenvalue weighted by Gasteiger charge is 2.28. The number of nitrogens with zero attached hydrogens (tertiary/aromatic N) is 1. The lowest BCUT2D eigenvalue weighted by atomic mass is 9.96. The fourth-order valence-electron chi connectivity index (χ4n) is 1.91. The maximum atomic E-state index is 11.9. The van der Waals surface area contributed by atoms with E-state index in [1.807, 2.05) is 0 Å². The summed E-state index contributed by atoms with van der Waals surface area (Å²) in [5.74, 6) is 0.725. The van der Waals surface area contributed by atoms with Crippen molar-refractivity contribution in [3.05, 3.63) is 0 Å². The predicted molar refractivity (Wildman–Crippen MR) is 77.5 cm³/mol. The van der Waals surface area contributed by atoms with E-state index in [0.717, 1.165) is 25.9 Å². The van der Waals surface area contributed by atoms with E-state index in [-0.39, 0.29) is 11.4 Å². The van der Waals surface area contributed by atoms with Crippen LogP contribution in [-0.2, 0) is 4.79 Å². The fraction of sp³-hybridized carbons (Fsp3) is 0.929. The molecule has 3 N–H and O–H groups in total. The lowest BCUT2D eigenvalue weighted by molar-refractivity contribution is -0.123. The smallest absolute Gasteiger partial charge is 0.234 e. The van der Waals surface area contributed by atoms with Crippen molar-refractivity contribution in [3.8, 4) is 0 Å². The lowest BCUT2D eigenvalue weighted by Crippen LogP contribution is -2.54. The summed E-state index contributed by atoms with van der Waals surface area (Å²) in [7, 11) is 0. The first-order chi connectivity index (χ1) is 8.39. The first kappa shape index (κ1) is 17.4. The third-order valence-electron chi connectivity index (χ3n) is 3.72. The molecule has 1 amide bonds. The number of rotatable bonds is 9. The zero-order valence-electron chi connectivity index (χ0n) is 12.8. The van der Waals surface area contributed by atoms with Gasteiger partial charge in [0.25, 0.3) is 0 Å². The van der Waals surface area contributed by atoms with Gasteiger partial charge in [0.1, 0.15) is 0 Å². The van der Waals surface area contributed by atoms with Gasteiger partial charge in [-0.05, 0) is 32.2 Å². The standard InChI is InChI=1S/C14H31N3O/c1-6-14(5,11-15)17(7-2)10-13(18)16-9-8-12(3)4/h12H,6-11,15H2,1-5H3,(H,16,18). The minimum absolute atomic E-state index is 0.0792. The van der Waals surface area contributed by atoms with Gasteiger partial charge < -0.3 is 11.1 Å². The summed E-state index contributed by atoms with van der Waals surface area (Å²) in [4.78, 5) is 14.0. The molecule has 0 spiro atoms. The van der Waals surface area contributed by atoms with E-state index in [4.69, 9.17) is 5.73 Å². The normalized spacial score (nSPS) is 14.9. The van der Waals surface area contributed by atoms with E-state index in [2.05, 4.69) is 44.8 Å². The van der Waals surface area contributed by atoms with E-state index in [9.17, 15) is 4.79 Å². The molecule has 1 unspecified atom stereocenters. The average molecular weight is 257 g/mol. The molecule has 0 saturated heterocycles. The zero-order valence-corrected chi connectivity index (χ0v) is 12.8. The number of hydrogen-bond acceptors (Lipinski definition) is 3. The Hall–Kier alpha value is -0.610. The second-order valence-corrected chi connectivity index (χ2v) is 5.60. The highest BCUT2D eigenvalue weighted by molar-refractivity contribution is 5.78. The Morgan fingerprint density at radius 1 is 1.39 bits per heavy atom. The maximum absolute atomic E-state index is 11.9. The molecule has 0 aromatic heterocycles. The van der Waals surface area contributed by atoms with Gasteiger partial charge in [-0.3, -0.25) is 9.69 Å². The maximum Gasteiger partial charge on any atom is 0.234 e. The molecule has 0 aromatic carbocycles. The Kier molecular flexibility index (Phi) is 8.20. The van der Waals surface area contributed by atoms with Crippen LogP contribution in [0.1, 0.15) is 47.5 Å². The highest BCUT2D eigenvalue weighted by atomic mass is 16.2. The number of carbonyl (C=O) groups excluding carboxylic acids is 1. The molecule has 0 rings (SSSR count). The largest absolute Gasteiger partial charge is 0.355 e. The number of likely N-dealkylation sites (N-methyl/N-ethyl adjacent to an activating group) is 1. The second-order valence-electron chi connectivity index (χ2n) is 5.60. The molecule has 0 aliphatic carbocycles. The molecule has 0 fully saturated rings. The van der Waals surface area contributed by atoms with Gasteiger partial charge >= 0.3 is 0 Å². The molecule has 18 heavy (non-hydrogen) atoms. The van der Waals surface area contributed by atoms with Crippen molar-refractivity contribution in [2.75, 3.05) is 26.2 Å². The van der Waals surface area contributed by atoms with Gasteiger partial charge in [-0.25, -0.2) is 0 Å². The molecule has 4 nitrogen and oxygen atoms in total. The summed E-state index contributed by atoms with van der Waals surface area (Å²) in [5.41, 5.74) is 5.76. The molecule has 0 aromatic rings. The fourth-order valence-corrected chi connectivity index (χ4v) is 1.91. The van der Waals surface area contributed by atoms with Gasteiger partial charge in [0.05, 0.1) is 6.54 Å². The zero-order chi connectivity index (χ0) is 14.2. The van der Waals surface area contributed by atoms with Gasteiger partial charge in [0.15, 0.2) is 0 Å². The monoisotopic (exact) mass is 257 g/mol. The number of nitrogens with two attached hydrogens (primary N) is 1. The van der Waals surface area contributed by atoms with Crippen molar-refractivity contribution in [3.63, 3.8) is 0 Å². The summed E-state index contributed by atoms with van der Waals surface area (Å²) in [6, 6.07) is 0. The van der Waals surface area contributed by atoms with Gasteiger partial charge in [-0.15, -0.1) is 0 Å². The first-order valence-corrected chi connectivity index (χ1v) is 7.11. The molecular formula is C14H31N3O. The Bertz CT molecular complexity index is 237. The van der Waals surface area contributed by atoms with E-state index in [1.54, 1.807) is 0 Å². The van der Waals surface area contributed by atoms with Crippen molar-refractivity contribution in [2.45, 2.75) is 53.0 Å². The lowest BCUT2D eigenvalue weighted by Gasteiger charge is -2.39. The van der Waals surface area contributed by atoms with Crippen LogP contribution in [-0.4, -0.2) is 42.5 Å². The van der Waals surface area contributed by atoms with Crippen molar-refractivity contribution in [2.24, 2.45) is 11.7 Å². The van der Waals surface area contributed by atoms with Crippen molar-refractivity contribution >= 4 is 5.91 Å². The first-order valence-electron chi connectivity index (χ1n) is 7.11. The Morgan fingerprint density at radius 2 is 2.00 bits per heavy atom. The molecular weight excluding hydrogens is 226 g/mol. The quantitative estimate of drug-likeness (QED) is 0.659. The minimum atomic E-state index is -0.0792. The predicted octanol–water partition coefficient (Wildman–Crippen LogP) is 1.60. The molecule has 0 bridgehead atoms. The van der Waals surface area contributed by atoms with Crippen LogP contribution in [0.4, 0.5) is 0 Å². The molecule has 1 atom stereocenters. The van der Waals surface area contributed by atoms with Crippen LogP contribution in [0.2, 0.25) is 0 Å². The van der Waals surface area contributed by atoms with Crippen LogP contribution in [0.15, 0.2) is 0 Å². The third kappa shape index (κ3) is 5.83. The summed E-state index contributed by atoms with van der Waals surface area (Å²) in [5, 5.41) is 2.98. The Labute approximate surface area is 112 Å². The molecule has 108 valence electrons. The van der Waals surface area contributed by atoms with Crippen molar-refractivity contribution in [1.29, 1.82) is 0 Å². The second kappa shape index (κ2) is 8.48. The minimum Gasteiger partial charge on any atom is -0.355 e. The van der Waals surface area contributed by atoms with Crippen LogP contribution in [0.5, 0.6) is 0 Å². The molecule has 0 aliphatic heterocycles. The Balaban J connectivity index is 4.24. The van der Waals surface area contributed by atoms with Crippen molar-refractivity contribution in [1.82, 2.24) is 10.2 Å². The number of carbonyl (C=O) groups is 1. The van der Waals surface area contributed by atoms with Gasteiger partial charge in [-0.2, -0.15) is 0 Å². The van der Waals surface area contributed by atoms with Crippen molar-refractivity contribution < 1.29 is 4.79 Å². The molecule has 4 heteroatoms. The van der Waals surface area contributed by atoms with Gasteiger partial charge in [0, 0.05) is 18.6 Å². The molecule has 0 aliphatic rings. The van der Waals surface area contributed by atoms with Crippen LogP contribution < -0.4 is 11.1 Å². The van der Waals surface area contributed by atoms with Crippen LogP contribution in [0, 0.1) is 5.92 Å². The van der Waals surface area contributed by atoms with E-state index in [1.165, 1.54) is 0 Å². The number of hydrogen-bond donors (Lipinski definition) is 2. The van der Waals surface area contributed by atoms with Crippen LogP contribution in [0.25, 0.3) is 0 Å². The van der Waals surface area contributed by atoms with Gasteiger partial charge in [0.2, 0.25) is 5.91 Å². The summed E-state index contributed by atoms with van der Waals surface area (Å²) >= 11 is 0. The number of amides is 1. The van der Waals surface area contributed by atoms with Crippen LogP contribution >= 0.6 is 0 Å². The van der Waals surface area contributed by atoms with E-state index in [0.29, 0.717) is 19.0 Å². The van der Waals surface area contributed by atoms with Crippen LogP contribution in [0.3, 0.4) is 0 Å². The summed E-state index contributed by atoms with van der Waals surface area (Å²) in [6.07, 6.45) is 1.98. The average Bonchev–Trinajstić information content (AvgIpc) is 2.34. The van der Waals surface area contributed by atoms with E-state index < -0.39 is 0 Å². The summed E-state index contributed by atoms with van der Waals surface area (Å²) in [6.45, 7) is 13.3. The van der Waals surface area contributed by atoms with Gasteiger partial charge in [-0.1, -0.05) is 27.7 Å². The van der Waals surface area contributed by atoms with E-state index >= 15 is 0 Å². The topological polar surface area (TPSA) is 58.4 Å². The SMILES string of the molecule is CCN(CC(=O)NCCC(C)C)C(C)(CC)CN.